The number of likely N-dealkylation sites (N-methyl/N-ethyl adjacent to an activating group) is 1. The van der Waals surface area contributed by atoms with Crippen LogP contribution in [0.4, 0.5) is 4.79 Å². The van der Waals surface area contributed by atoms with Crippen molar-refractivity contribution in [2.24, 2.45) is 7.05 Å². The molecule has 0 bridgehead atoms. The molecule has 0 unspecified atom stereocenters. The molecule has 1 N–H and O–H groups in total. The average molecular weight is 431 g/mol. The smallest absolute Gasteiger partial charge is 0.449 e. The number of para-hydroxylation sites is 1. The number of likely N-dealkylation sites (tertiary alicyclic amines) is 1. The van der Waals surface area contributed by atoms with Crippen molar-refractivity contribution < 1.29 is 24.2 Å². The van der Waals surface area contributed by atoms with Gasteiger partial charge in [-0.3, -0.25) is 14.6 Å². The highest BCUT2D eigenvalue weighted by molar-refractivity contribution is 5.86. The Hall–Kier alpha value is -2.62. The number of aromatic nitrogens is 1. The van der Waals surface area contributed by atoms with Crippen LogP contribution in [0, 0.1) is 0 Å². The van der Waals surface area contributed by atoms with E-state index in [0.717, 1.165) is 49.1 Å². The topological polar surface area (TPSA) is 87.5 Å². The molecule has 9 nitrogen and oxygen atoms in total. The number of carboxylic acid groups (broad SMARTS) is 1. The van der Waals surface area contributed by atoms with E-state index in [4.69, 9.17) is 14.6 Å². The molecule has 2 atom stereocenters. The van der Waals surface area contributed by atoms with E-state index in [1.54, 1.807) is 17.7 Å². The van der Waals surface area contributed by atoms with Crippen LogP contribution < -0.4 is 4.74 Å². The van der Waals surface area contributed by atoms with Crippen LogP contribution in [0.5, 0.6) is 5.88 Å². The number of nitrogens with zero attached hydrogens (tertiary/aromatic N) is 4. The molecule has 0 spiro atoms. The van der Waals surface area contributed by atoms with Crippen molar-refractivity contribution in [2.75, 3.05) is 46.9 Å². The summed E-state index contributed by atoms with van der Waals surface area (Å²) in [7, 11) is 5.50. The Balaban J connectivity index is 1.40. The summed E-state index contributed by atoms with van der Waals surface area (Å²) < 4.78 is 12.1. The van der Waals surface area contributed by atoms with Gasteiger partial charge in [0.25, 0.3) is 0 Å². The quantitative estimate of drug-likeness (QED) is 0.721. The molecule has 2 saturated heterocycles. The fourth-order valence-electron chi connectivity index (χ4n) is 4.78. The number of carbonyl (C=O) groups is 2. The Kier molecular flexibility index (Phi) is 6.17. The van der Waals surface area contributed by atoms with Gasteiger partial charge in [-0.2, -0.15) is 0 Å². The largest absolute Gasteiger partial charge is 0.512 e. The van der Waals surface area contributed by atoms with Crippen molar-refractivity contribution in [1.82, 2.24) is 19.3 Å². The number of rotatable bonds is 5. The molecular formula is C22H30N4O5. The number of carbonyl (C=O) groups excluding carboxylic acids is 1. The minimum Gasteiger partial charge on any atom is -0.449 e. The van der Waals surface area contributed by atoms with Gasteiger partial charge in [-0.1, -0.05) is 18.2 Å². The van der Waals surface area contributed by atoms with E-state index in [0.29, 0.717) is 19.0 Å². The maximum absolute atomic E-state index is 13.0. The summed E-state index contributed by atoms with van der Waals surface area (Å²) in [4.78, 5) is 30.3. The van der Waals surface area contributed by atoms with Crippen LogP contribution in [0.15, 0.2) is 24.3 Å². The highest BCUT2D eigenvalue weighted by atomic mass is 16.7. The number of hydrogen-bond donors (Lipinski definition) is 1. The first-order chi connectivity index (χ1) is 14.9. The van der Waals surface area contributed by atoms with E-state index >= 15 is 0 Å². The van der Waals surface area contributed by atoms with Crippen molar-refractivity contribution in [3.05, 3.63) is 29.8 Å². The molecule has 0 saturated carbocycles. The molecule has 1 aromatic heterocycles. The van der Waals surface area contributed by atoms with Crippen molar-refractivity contribution in [2.45, 2.75) is 25.1 Å². The molecule has 1 aromatic carbocycles. The lowest BCUT2D eigenvalue weighted by atomic mass is 10.1. The van der Waals surface area contributed by atoms with E-state index in [-0.39, 0.29) is 18.1 Å². The molecule has 2 aromatic rings. The zero-order valence-electron chi connectivity index (χ0n) is 18.3. The fourth-order valence-corrected chi connectivity index (χ4v) is 4.78. The number of benzene rings is 1. The molecule has 3 heterocycles. The van der Waals surface area contributed by atoms with Crippen LogP contribution in [0.3, 0.4) is 0 Å². The molecule has 1 amide bonds. The first-order valence-electron chi connectivity index (χ1n) is 10.6. The summed E-state index contributed by atoms with van der Waals surface area (Å²) in [6.45, 7) is 4.54. The van der Waals surface area contributed by atoms with Gasteiger partial charge in [0.1, 0.15) is 0 Å². The van der Waals surface area contributed by atoms with Gasteiger partial charge < -0.3 is 24.0 Å². The van der Waals surface area contributed by atoms with E-state index in [9.17, 15) is 9.59 Å². The predicted octanol–water partition coefficient (Wildman–Crippen LogP) is 1.60. The second kappa shape index (κ2) is 8.86. The van der Waals surface area contributed by atoms with E-state index < -0.39 is 6.16 Å². The van der Waals surface area contributed by atoms with Crippen molar-refractivity contribution in [3.63, 3.8) is 0 Å². The molecule has 0 aliphatic carbocycles. The number of amides is 1. The Labute approximate surface area is 181 Å². The van der Waals surface area contributed by atoms with Gasteiger partial charge in [0, 0.05) is 64.9 Å². The molecule has 9 heteroatoms. The Morgan fingerprint density at radius 3 is 2.55 bits per heavy atom. The van der Waals surface area contributed by atoms with Crippen molar-refractivity contribution >= 4 is 23.0 Å². The summed E-state index contributed by atoms with van der Waals surface area (Å²) in [5.41, 5.74) is 2.08. The molecule has 2 aliphatic rings. The molecule has 168 valence electrons. The molecule has 2 aliphatic heterocycles. The van der Waals surface area contributed by atoms with Crippen LogP contribution in [0.2, 0.25) is 0 Å². The minimum absolute atomic E-state index is 0.0960. The van der Waals surface area contributed by atoms with E-state index in [1.165, 1.54) is 0 Å². The maximum atomic E-state index is 13.0. The first-order valence-corrected chi connectivity index (χ1v) is 10.6. The van der Waals surface area contributed by atoms with Crippen LogP contribution in [-0.4, -0.2) is 95.5 Å². The Morgan fingerprint density at radius 2 is 1.90 bits per heavy atom. The van der Waals surface area contributed by atoms with Crippen LogP contribution >= 0.6 is 0 Å². The highest BCUT2D eigenvalue weighted by Crippen LogP contribution is 2.28. The number of aryl methyl sites for hydroxylation is 1. The van der Waals surface area contributed by atoms with Gasteiger partial charge >= 0.3 is 6.16 Å². The lowest BCUT2D eigenvalue weighted by Gasteiger charge is -2.37. The minimum atomic E-state index is -1.32. The second-order valence-electron chi connectivity index (χ2n) is 8.41. The summed E-state index contributed by atoms with van der Waals surface area (Å²) >= 11 is 0. The van der Waals surface area contributed by atoms with Crippen LogP contribution in [-0.2, 0) is 23.1 Å². The van der Waals surface area contributed by atoms with E-state index in [2.05, 4.69) is 15.9 Å². The number of methoxy groups -OCH3 is 1. The van der Waals surface area contributed by atoms with Crippen LogP contribution in [0.25, 0.3) is 10.9 Å². The van der Waals surface area contributed by atoms with Gasteiger partial charge in [0.2, 0.25) is 11.8 Å². The number of hydrogen-bond acceptors (Lipinski definition) is 6. The first kappa shape index (κ1) is 21.6. The third-order valence-corrected chi connectivity index (χ3v) is 6.49. The second-order valence-corrected chi connectivity index (χ2v) is 8.41. The zero-order valence-corrected chi connectivity index (χ0v) is 18.3. The maximum Gasteiger partial charge on any atom is 0.512 e. The van der Waals surface area contributed by atoms with Crippen molar-refractivity contribution in [1.29, 1.82) is 0 Å². The van der Waals surface area contributed by atoms with Gasteiger partial charge in [0.15, 0.2) is 0 Å². The third-order valence-electron chi connectivity index (χ3n) is 6.49. The van der Waals surface area contributed by atoms with Crippen LogP contribution in [0.1, 0.15) is 12.0 Å². The van der Waals surface area contributed by atoms with Gasteiger partial charge in [-0.15, -0.1) is 0 Å². The molecule has 31 heavy (non-hydrogen) atoms. The fraction of sp³-hybridized carbons (Fsp3) is 0.545. The van der Waals surface area contributed by atoms with Crippen molar-refractivity contribution in [3.8, 4) is 5.88 Å². The molecule has 4 rings (SSSR count). The Bertz CT molecular complexity index is 966. The standard InChI is InChI=1S/C22H30N4O5/c1-23-14-17(30-3)12-18(23)21(27)26-9-7-25(8-10-26)13-16-6-4-5-15-11-19(31-22(28)29)24(2)20(15)16/h4-6,11,17-18H,7-10,12-14H2,1-3H3,(H,28,29)/t17-,18-/m1/s1. The normalized spacial score (nSPS) is 22.9. The molecule has 2 fully saturated rings. The third kappa shape index (κ3) is 4.39. The van der Waals surface area contributed by atoms with E-state index in [1.807, 2.05) is 31.1 Å². The lowest BCUT2D eigenvalue weighted by Crippen LogP contribution is -2.52. The number of ether oxygens (including phenoxy) is 2. The summed E-state index contributed by atoms with van der Waals surface area (Å²) in [5, 5.41) is 9.90. The van der Waals surface area contributed by atoms with Gasteiger partial charge in [-0.25, -0.2) is 4.79 Å². The number of fused-ring (bicyclic) bond motifs is 1. The summed E-state index contributed by atoms with van der Waals surface area (Å²) in [6, 6.07) is 7.64. The summed E-state index contributed by atoms with van der Waals surface area (Å²) in [6.07, 6.45) is -0.443. The lowest BCUT2D eigenvalue weighted by molar-refractivity contribution is -0.137. The summed E-state index contributed by atoms with van der Waals surface area (Å²) in [5.74, 6) is 0.502. The van der Waals surface area contributed by atoms with Gasteiger partial charge in [-0.05, 0) is 19.0 Å². The zero-order chi connectivity index (χ0) is 22.1. The highest BCUT2D eigenvalue weighted by Gasteiger charge is 2.37. The molecule has 0 radical (unpaired) electrons. The SMILES string of the molecule is CO[C@@H]1C[C@H](C(=O)N2CCN(Cc3cccc4cc(OC(=O)O)n(C)c34)CC2)N(C)C1. The predicted molar refractivity (Wildman–Crippen MR) is 115 cm³/mol. The van der Waals surface area contributed by atoms with Gasteiger partial charge in [0.05, 0.1) is 17.7 Å². The number of piperazine rings is 1. The monoisotopic (exact) mass is 430 g/mol. The Morgan fingerprint density at radius 1 is 1.16 bits per heavy atom. The molecular weight excluding hydrogens is 400 g/mol. The average Bonchev–Trinajstić information content (AvgIpc) is 3.28.